The molecule has 23 heavy (non-hydrogen) atoms. The normalized spacial score (nSPS) is 23.1. The molecule has 2 aliphatic rings. The summed E-state index contributed by atoms with van der Waals surface area (Å²) in [7, 11) is 1.60. The van der Waals surface area contributed by atoms with Gasteiger partial charge in [0.25, 0.3) is 0 Å². The monoisotopic (exact) mass is 313 g/mol. The Labute approximate surface area is 134 Å². The van der Waals surface area contributed by atoms with Crippen LogP contribution in [0.5, 0.6) is 5.75 Å². The number of nitrogens with one attached hydrogen (secondary N) is 1. The SMILES string of the molecule is COc1ccc(N=C(N)N=C2N=C3CCCCC3C(=O)N2)cc1. The molecule has 1 aliphatic carbocycles. The second kappa shape index (κ2) is 6.60. The third kappa shape index (κ3) is 3.56. The molecule has 7 heteroatoms. The number of amides is 1. The fourth-order valence-corrected chi connectivity index (χ4v) is 2.75. The maximum absolute atomic E-state index is 12.1. The Morgan fingerprint density at radius 2 is 2.13 bits per heavy atom. The molecule has 1 fully saturated rings. The van der Waals surface area contributed by atoms with Gasteiger partial charge in [0.05, 0.1) is 18.7 Å². The van der Waals surface area contributed by atoms with E-state index in [-0.39, 0.29) is 23.7 Å². The number of guanidine groups is 2. The summed E-state index contributed by atoms with van der Waals surface area (Å²) in [6.07, 6.45) is 3.82. The van der Waals surface area contributed by atoms with Crippen LogP contribution in [0.4, 0.5) is 5.69 Å². The maximum Gasteiger partial charge on any atom is 0.235 e. The summed E-state index contributed by atoms with van der Waals surface area (Å²) in [4.78, 5) is 24.8. The van der Waals surface area contributed by atoms with Crippen LogP contribution in [0.2, 0.25) is 0 Å². The molecule has 1 atom stereocenters. The average molecular weight is 313 g/mol. The maximum atomic E-state index is 12.1. The number of ether oxygens (including phenoxy) is 1. The van der Waals surface area contributed by atoms with E-state index in [0.717, 1.165) is 37.1 Å². The number of benzene rings is 1. The van der Waals surface area contributed by atoms with Gasteiger partial charge in [-0.3, -0.25) is 10.1 Å². The van der Waals surface area contributed by atoms with Crippen LogP contribution in [0.25, 0.3) is 0 Å². The molecule has 1 aliphatic heterocycles. The van der Waals surface area contributed by atoms with Crippen LogP contribution in [-0.4, -0.2) is 30.6 Å². The van der Waals surface area contributed by atoms with Crippen LogP contribution in [0.15, 0.2) is 39.2 Å². The van der Waals surface area contributed by atoms with Gasteiger partial charge in [-0.15, -0.1) is 0 Å². The van der Waals surface area contributed by atoms with Crippen LogP contribution in [0, 0.1) is 5.92 Å². The molecule has 1 aromatic rings. The van der Waals surface area contributed by atoms with Crippen molar-refractivity contribution in [3.63, 3.8) is 0 Å². The van der Waals surface area contributed by atoms with E-state index in [9.17, 15) is 4.79 Å². The summed E-state index contributed by atoms with van der Waals surface area (Å²) >= 11 is 0. The van der Waals surface area contributed by atoms with E-state index in [4.69, 9.17) is 10.5 Å². The first-order valence-corrected chi connectivity index (χ1v) is 7.61. The van der Waals surface area contributed by atoms with Gasteiger partial charge in [0.2, 0.25) is 17.8 Å². The number of nitrogens with two attached hydrogens (primary N) is 1. The molecule has 1 saturated carbocycles. The minimum atomic E-state index is -0.109. The molecule has 3 rings (SSSR count). The molecule has 0 saturated heterocycles. The lowest BCUT2D eigenvalue weighted by atomic mass is 9.86. The van der Waals surface area contributed by atoms with Gasteiger partial charge in [-0.05, 0) is 43.5 Å². The predicted octanol–water partition coefficient (Wildman–Crippen LogP) is 1.76. The topological polar surface area (TPSA) is 101 Å². The van der Waals surface area contributed by atoms with Crippen molar-refractivity contribution in [1.29, 1.82) is 0 Å². The third-order valence-corrected chi connectivity index (χ3v) is 3.92. The Hall–Kier alpha value is -2.70. The second-order valence-corrected chi connectivity index (χ2v) is 5.49. The Bertz CT molecular complexity index is 691. The molecule has 7 nitrogen and oxygen atoms in total. The second-order valence-electron chi connectivity index (χ2n) is 5.49. The molecular formula is C16H19N5O2. The molecule has 1 amide bonds. The standard InChI is InChI=1S/C16H19N5O2/c1-23-11-8-6-10(7-9-11)18-15(17)21-16-19-13-5-3-2-4-12(13)14(22)20-16/h6-9,12H,2-5H2,1H3,(H3,17,18,20,21,22). The van der Waals surface area contributed by atoms with Crippen molar-refractivity contribution in [1.82, 2.24) is 5.32 Å². The average Bonchev–Trinajstić information content (AvgIpc) is 2.55. The predicted molar refractivity (Wildman–Crippen MR) is 89.2 cm³/mol. The number of aliphatic imine (C=N–C) groups is 3. The molecule has 1 heterocycles. The first-order valence-electron chi connectivity index (χ1n) is 7.61. The molecule has 0 aromatic heterocycles. The lowest BCUT2D eigenvalue weighted by molar-refractivity contribution is -0.122. The molecule has 1 aromatic carbocycles. The van der Waals surface area contributed by atoms with Gasteiger partial charge in [-0.2, -0.15) is 4.99 Å². The highest BCUT2D eigenvalue weighted by molar-refractivity contribution is 6.19. The van der Waals surface area contributed by atoms with Gasteiger partial charge in [0.1, 0.15) is 5.75 Å². The quantitative estimate of drug-likeness (QED) is 0.642. The third-order valence-electron chi connectivity index (χ3n) is 3.92. The molecule has 1 unspecified atom stereocenters. The van der Waals surface area contributed by atoms with Gasteiger partial charge in [0, 0.05) is 5.71 Å². The van der Waals surface area contributed by atoms with Crippen molar-refractivity contribution in [3.05, 3.63) is 24.3 Å². The van der Waals surface area contributed by atoms with Gasteiger partial charge < -0.3 is 10.5 Å². The van der Waals surface area contributed by atoms with E-state index < -0.39 is 0 Å². The van der Waals surface area contributed by atoms with Crippen molar-refractivity contribution >= 4 is 29.2 Å². The summed E-state index contributed by atoms with van der Waals surface area (Å²) in [5.41, 5.74) is 7.38. The Kier molecular flexibility index (Phi) is 4.36. The van der Waals surface area contributed by atoms with Gasteiger partial charge in [-0.25, -0.2) is 9.98 Å². The van der Waals surface area contributed by atoms with Crippen molar-refractivity contribution in [2.45, 2.75) is 25.7 Å². The molecule has 3 N–H and O–H groups in total. The van der Waals surface area contributed by atoms with Crippen LogP contribution in [-0.2, 0) is 4.79 Å². The number of fused-ring (bicyclic) bond motifs is 1. The van der Waals surface area contributed by atoms with E-state index in [0.29, 0.717) is 5.69 Å². The first-order chi connectivity index (χ1) is 11.2. The Morgan fingerprint density at radius 3 is 2.87 bits per heavy atom. The fourth-order valence-electron chi connectivity index (χ4n) is 2.75. The Balaban J connectivity index is 1.79. The first kappa shape index (κ1) is 15.2. The smallest absolute Gasteiger partial charge is 0.235 e. The van der Waals surface area contributed by atoms with E-state index in [1.165, 1.54) is 0 Å². The van der Waals surface area contributed by atoms with E-state index in [2.05, 4.69) is 20.3 Å². The molecule has 0 bridgehead atoms. The number of carbonyl (C=O) groups is 1. The number of nitrogens with zero attached hydrogens (tertiary/aromatic N) is 3. The fraction of sp³-hybridized carbons (Fsp3) is 0.375. The lowest BCUT2D eigenvalue weighted by Gasteiger charge is -2.26. The lowest BCUT2D eigenvalue weighted by Crippen LogP contribution is -2.45. The van der Waals surface area contributed by atoms with Gasteiger partial charge in [0.15, 0.2) is 0 Å². The van der Waals surface area contributed by atoms with Crippen LogP contribution < -0.4 is 15.8 Å². The zero-order chi connectivity index (χ0) is 16.2. The molecule has 0 radical (unpaired) electrons. The van der Waals surface area contributed by atoms with Gasteiger partial charge >= 0.3 is 0 Å². The zero-order valence-corrected chi connectivity index (χ0v) is 13.0. The largest absolute Gasteiger partial charge is 0.497 e. The van der Waals surface area contributed by atoms with E-state index in [1.54, 1.807) is 31.4 Å². The minimum absolute atomic E-state index is 0.0454. The minimum Gasteiger partial charge on any atom is -0.497 e. The number of rotatable bonds is 2. The van der Waals surface area contributed by atoms with Crippen molar-refractivity contribution < 1.29 is 9.53 Å². The van der Waals surface area contributed by atoms with Crippen molar-refractivity contribution in [2.24, 2.45) is 26.6 Å². The summed E-state index contributed by atoms with van der Waals surface area (Å²) in [6.45, 7) is 0. The molecule has 120 valence electrons. The van der Waals surface area contributed by atoms with E-state index >= 15 is 0 Å². The zero-order valence-electron chi connectivity index (χ0n) is 13.0. The summed E-state index contributed by atoms with van der Waals surface area (Å²) in [5, 5.41) is 2.69. The highest BCUT2D eigenvalue weighted by atomic mass is 16.5. The van der Waals surface area contributed by atoms with Crippen molar-refractivity contribution in [3.8, 4) is 5.75 Å². The number of hydrogen-bond donors (Lipinski definition) is 2. The van der Waals surface area contributed by atoms with E-state index in [1.807, 2.05) is 0 Å². The molecule has 0 spiro atoms. The summed E-state index contributed by atoms with van der Waals surface area (Å²) in [6, 6.07) is 7.12. The van der Waals surface area contributed by atoms with Crippen LogP contribution in [0.3, 0.4) is 0 Å². The van der Waals surface area contributed by atoms with Crippen molar-refractivity contribution in [2.75, 3.05) is 7.11 Å². The summed E-state index contributed by atoms with van der Waals surface area (Å²) < 4.78 is 5.09. The van der Waals surface area contributed by atoms with Gasteiger partial charge in [-0.1, -0.05) is 6.42 Å². The molecular weight excluding hydrogens is 294 g/mol. The van der Waals surface area contributed by atoms with Crippen LogP contribution >= 0.6 is 0 Å². The highest BCUT2D eigenvalue weighted by Gasteiger charge is 2.31. The van der Waals surface area contributed by atoms with Crippen LogP contribution in [0.1, 0.15) is 25.7 Å². The highest BCUT2D eigenvalue weighted by Crippen LogP contribution is 2.24. The Morgan fingerprint density at radius 1 is 1.35 bits per heavy atom. The number of carbonyl (C=O) groups excluding carboxylic acids is 1. The number of methoxy groups -OCH3 is 1. The number of hydrogen-bond acceptors (Lipinski definition) is 3. The summed E-state index contributed by atoms with van der Waals surface area (Å²) in [5.74, 6) is 0.846.